The molecule has 19 heavy (non-hydrogen) atoms. The molecule has 102 valence electrons. The van der Waals surface area contributed by atoms with Crippen molar-refractivity contribution in [2.24, 2.45) is 5.92 Å². The molecule has 0 spiro atoms. The zero-order valence-electron chi connectivity index (χ0n) is 11.1. The molecular weight excluding hydrogens is 274 g/mol. The molecule has 1 heterocycles. The fourth-order valence-corrected chi connectivity index (χ4v) is 4.12. The first kappa shape index (κ1) is 13.4. The van der Waals surface area contributed by atoms with Crippen LogP contribution in [-0.2, 0) is 6.54 Å². The van der Waals surface area contributed by atoms with Gasteiger partial charge in [0, 0.05) is 16.6 Å². The van der Waals surface area contributed by atoms with E-state index in [2.05, 4.69) is 35.0 Å². The molecule has 0 radical (unpaired) electrons. The van der Waals surface area contributed by atoms with Crippen LogP contribution in [0.4, 0.5) is 0 Å². The van der Waals surface area contributed by atoms with Gasteiger partial charge in [0.1, 0.15) is 0 Å². The van der Waals surface area contributed by atoms with E-state index in [1.54, 1.807) is 0 Å². The van der Waals surface area contributed by atoms with Crippen LogP contribution in [0.25, 0.3) is 10.1 Å². The molecule has 0 saturated heterocycles. The maximum Gasteiger partial charge on any atom is 0.0346 e. The lowest BCUT2D eigenvalue weighted by Gasteiger charge is -2.25. The van der Waals surface area contributed by atoms with Crippen LogP contribution >= 0.6 is 22.9 Å². The summed E-state index contributed by atoms with van der Waals surface area (Å²) in [5.41, 5.74) is 1.44. The Kier molecular flexibility index (Phi) is 4.42. The van der Waals surface area contributed by atoms with Gasteiger partial charge >= 0.3 is 0 Å². The predicted molar refractivity (Wildman–Crippen MR) is 85.1 cm³/mol. The van der Waals surface area contributed by atoms with Gasteiger partial charge in [-0.1, -0.05) is 18.2 Å². The number of alkyl halides is 1. The Morgan fingerprint density at radius 1 is 1.16 bits per heavy atom. The molecule has 1 N–H and O–H groups in total. The van der Waals surface area contributed by atoms with E-state index in [9.17, 15) is 0 Å². The monoisotopic (exact) mass is 293 g/mol. The van der Waals surface area contributed by atoms with Crippen LogP contribution in [0.15, 0.2) is 29.6 Å². The molecule has 3 rings (SSSR count). The summed E-state index contributed by atoms with van der Waals surface area (Å²) in [7, 11) is 0. The second-order valence-electron chi connectivity index (χ2n) is 5.51. The molecule has 1 fully saturated rings. The molecule has 2 aromatic rings. The van der Waals surface area contributed by atoms with Gasteiger partial charge in [-0.15, -0.1) is 22.9 Å². The molecule has 1 aromatic carbocycles. The minimum atomic E-state index is 0.428. The number of nitrogens with one attached hydrogen (secondary N) is 1. The van der Waals surface area contributed by atoms with Crippen molar-refractivity contribution < 1.29 is 0 Å². The first-order chi connectivity index (χ1) is 9.33. The smallest absolute Gasteiger partial charge is 0.0346 e. The lowest BCUT2D eigenvalue weighted by Crippen LogP contribution is -2.26. The van der Waals surface area contributed by atoms with Crippen LogP contribution in [0.1, 0.15) is 31.2 Å². The Morgan fingerprint density at radius 2 is 1.95 bits per heavy atom. The molecule has 1 aliphatic carbocycles. The van der Waals surface area contributed by atoms with Crippen LogP contribution in [0.2, 0.25) is 0 Å². The molecule has 0 bridgehead atoms. The minimum Gasteiger partial charge on any atom is -0.312 e. The van der Waals surface area contributed by atoms with Crippen LogP contribution in [0, 0.1) is 5.92 Å². The molecule has 1 aromatic heterocycles. The molecule has 3 heteroatoms. The van der Waals surface area contributed by atoms with Crippen molar-refractivity contribution in [2.75, 3.05) is 6.54 Å². The Hall–Kier alpha value is -0.570. The third kappa shape index (κ3) is 3.31. The molecular formula is C16H20ClNS. The van der Waals surface area contributed by atoms with E-state index in [1.165, 1.54) is 41.3 Å². The third-order valence-corrected chi connectivity index (χ3v) is 5.53. The number of fused-ring (bicyclic) bond motifs is 1. The van der Waals surface area contributed by atoms with Crippen molar-refractivity contribution in [1.29, 1.82) is 0 Å². The number of rotatable bonds is 4. The molecule has 0 unspecified atom stereocenters. The fraction of sp³-hybridized carbons (Fsp3) is 0.500. The summed E-state index contributed by atoms with van der Waals surface area (Å²) in [4.78, 5) is 0. The minimum absolute atomic E-state index is 0.428. The zero-order valence-corrected chi connectivity index (χ0v) is 12.6. The lowest BCUT2D eigenvalue weighted by atomic mass is 9.89. The average molecular weight is 294 g/mol. The zero-order chi connectivity index (χ0) is 13.1. The van der Waals surface area contributed by atoms with Crippen LogP contribution in [0.5, 0.6) is 0 Å². The van der Waals surface area contributed by atoms with Gasteiger partial charge in [-0.3, -0.25) is 0 Å². The topological polar surface area (TPSA) is 12.0 Å². The average Bonchev–Trinajstić information content (AvgIpc) is 2.85. The summed E-state index contributed by atoms with van der Waals surface area (Å²) in [6.07, 6.45) is 4.95. The fourth-order valence-electron chi connectivity index (χ4n) is 2.91. The number of hydrogen-bond acceptors (Lipinski definition) is 2. The summed E-state index contributed by atoms with van der Waals surface area (Å²) in [6.45, 7) is 2.12. The lowest BCUT2D eigenvalue weighted by molar-refractivity contribution is 0.346. The SMILES string of the molecule is ClC1CCC(CNCc2csc3ccccc23)CC1. The second kappa shape index (κ2) is 6.25. The maximum atomic E-state index is 6.14. The van der Waals surface area contributed by atoms with E-state index in [0.29, 0.717) is 5.38 Å². The van der Waals surface area contributed by atoms with Crippen LogP contribution < -0.4 is 5.32 Å². The van der Waals surface area contributed by atoms with E-state index in [-0.39, 0.29) is 0 Å². The van der Waals surface area contributed by atoms with Crippen LogP contribution in [-0.4, -0.2) is 11.9 Å². The van der Waals surface area contributed by atoms with Crippen molar-refractivity contribution in [2.45, 2.75) is 37.6 Å². The van der Waals surface area contributed by atoms with Gasteiger partial charge in [0.05, 0.1) is 0 Å². The molecule has 0 amide bonds. The molecule has 0 atom stereocenters. The summed E-state index contributed by atoms with van der Waals surface area (Å²) in [5.74, 6) is 0.819. The molecule has 1 saturated carbocycles. The summed E-state index contributed by atoms with van der Waals surface area (Å²) < 4.78 is 1.39. The van der Waals surface area contributed by atoms with E-state index in [1.807, 2.05) is 11.3 Å². The van der Waals surface area contributed by atoms with E-state index < -0.39 is 0 Å². The largest absolute Gasteiger partial charge is 0.312 e. The van der Waals surface area contributed by atoms with Crippen molar-refractivity contribution in [3.8, 4) is 0 Å². The summed E-state index contributed by atoms with van der Waals surface area (Å²) in [6, 6.07) is 8.66. The van der Waals surface area contributed by atoms with Gasteiger partial charge in [-0.2, -0.15) is 0 Å². The summed E-state index contributed by atoms with van der Waals surface area (Å²) >= 11 is 7.99. The maximum absolute atomic E-state index is 6.14. The van der Waals surface area contributed by atoms with Crippen molar-refractivity contribution in [3.63, 3.8) is 0 Å². The van der Waals surface area contributed by atoms with Crippen molar-refractivity contribution >= 4 is 33.0 Å². The molecule has 1 aliphatic rings. The number of hydrogen-bond donors (Lipinski definition) is 1. The standard InChI is InChI=1S/C16H20ClNS/c17-14-7-5-12(6-8-14)9-18-10-13-11-19-16-4-2-1-3-15(13)16/h1-4,11-12,14,18H,5-10H2. The van der Waals surface area contributed by atoms with Gasteiger partial charge in [0.2, 0.25) is 0 Å². The van der Waals surface area contributed by atoms with Gasteiger partial charge in [-0.25, -0.2) is 0 Å². The van der Waals surface area contributed by atoms with E-state index >= 15 is 0 Å². The summed E-state index contributed by atoms with van der Waals surface area (Å²) in [5, 5.41) is 7.75. The molecule has 0 aliphatic heterocycles. The first-order valence-corrected chi connectivity index (χ1v) is 8.44. The Labute approximate surface area is 124 Å². The van der Waals surface area contributed by atoms with Gasteiger partial charge < -0.3 is 5.32 Å². The highest BCUT2D eigenvalue weighted by Gasteiger charge is 2.18. The van der Waals surface area contributed by atoms with Crippen LogP contribution in [0.3, 0.4) is 0 Å². The number of halogens is 1. The highest BCUT2D eigenvalue weighted by Crippen LogP contribution is 2.28. The Bertz CT molecular complexity index is 528. The Morgan fingerprint density at radius 3 is 2.79 bits per heavy atom. The van der Waals surface area contributed by atoms with E-state index in [4.69, 9.17) is 11.6 Å². The normalized spacial score (nSPS) is 23.8. The highest BCUT2D eigenvalue weighted by atomic mass is 35.5. The van der Waals surface area contributed by atoms with Gasteiger partial charge in [0.25, 0.3) is 0 Å². The second-order valence-corrected chi connectivity index (χ2v) is 7.03. The Balaban J connectivity index is 1.52. The molecule has 1 nitrogen and oxygen atoms in total. The highest BCUT2D eigenvalue weighted by molar-refractivity contribution is 7.17. The van der Waals surface area contributed by atoms with Crippen molar-refractivity contribution in [1.82, 2.24) is 5.32 Å². The van der Waals surface area contributed by atoms with Gasteiger partial charge in [0.15, 0.2) is 0 Å². The van der Waals surface area contributed by atoms with Gasteiger partial charge in [-0.05, 0) is 60.5 Å². The predicted octanol–water partition coefficient (Wildman–Crippen LogP) is 4.79. The first-order valence-electron chi connectivity index (χ1n) is 7.13. The van der Waals surface area contributed by atoms with E-state index in [0.717, 1.165) is 19.0 Å². The third-order valence-electron chi connectivity index (χ3n) is 4.09. The van der Waals surface area contributed by atoms with Crippen molar-refractivity contribution in [3.05, 3.63) is 35.2 Å². The number of thiophene rings is 1. The number of benzene rings is 1. The quantitative estimate of drug-likeness (QED) is 0.799.